The number of nitrogens with one attached hydrogen (secondary N) is 1. The molecule has 1 heterocycles. The van der Waals surface area contributed by atoms with Crippen molar-refractivity contribution in [2.75, 3.05) is 16.2 Å². The third kappa shape index (κ3) is 4.77. The molecule has 0 saturated heterocycles. The van der Waals surface area contributed by atoms with Gasteiger partial charge in [0.2, 0.25) is 5.91 Å². The zero-order valence-corrected chi connectivity index (χ0v) is 19.6. The summed E-state index contributed by atoms with van der Waals surface area (Å²) in [6.45, 7) is 0.466. The maximum atomic E-state index is 13.2. The van der Waals surface area contributed by atoms with Crippen molar-refractivity contribution in [3.05, 3.63) is 87.9 Å². The molecule has 1 aliphatic rings. The number of nitrogens with zero attached hydrogens (tertiary/aromatic N) is 1. The van der Waals surface area contributed by atoms with Crippen LogP contribution in [0.3, 0.4) is 0 Å². The third-order valence-electron chi connectivity index (χ3n) is 5.45. The number of anilines is 2. The van der Waals surface area contributed by atoms with Crippen LogP contribution in [-0.2, 0) is 27.7 Å². The van der Waals surface area contributed by atoms with Crippen LogP contribution in [0.1, 0.15) is 24.0 Å². The van der Waals surface area contributed by atoms with Gasteiger partial charge in [-0.05, 0) is 60.7 Å². The van der Waals surface area contributed by atoms with Gasteiger partial charge in [-0.15, -0.1) is 0 Å². The average Bonchev–Trinajstić information content (AvgIpc) is 2.80. The van der Waals surface area contributed by atoms with Gasteiger partial charge in [0.25, 0.3) is 10.0 Å². The minimum absolute atomic E-state index is 0.198. The molecule has 0 bridgehead atoms. The number of aryl methyl sites for hydroxylation is 2. The number of para-hydroxylation sites is 1. The molecule has 1 amide bonds. The zero-order chi connectivity index (χ0) is 22.7. The van der Waals surface area contributed by atoms with E-state index in [1.807, 2.05) is 24.3 Å². The molecule has 3 aromatic carbocycles. The summed E-state index contributed by atoms with van der Waals surface area (Å²) >= 11 is 12.1. The number of benzene rings is 3. The Morgan fingerprint density at radius 1 is 0.969 bits per heavy atom. The first kappa shape index (κ1) is 22.6. The highest BCUT2D eigenvalue weighted by Gasteiger charge is 2.28. The second-order valence-electron chi connectivity index (χ2n) is 7.60. The SMILES string of the molecule is O=C(CCc1ccc(S(=O)(=O)N2CCCc3ccccc32)cc1)Nc1cccc(Cl)c1Cl. The van der Waals surface area contributed by atoms with Crippen molar-refractivity contribution in [1.82, 2.24) is 0 Å². The normalized spacial score (nSPS) is 13.5. The zero-order valence-electron chi connectivity index (χ0n) is 17.2. The summed E-state index contributed by atoms with van der Waals surface area (Å²) in [4.78, 5) is 12.5. The summed E-state index contributed by atoms with van der Waals surface area (Å²) in [5, 5.41) is 3.43. The highest BCUT2D eigenvalue weighted by atomic mass is 35.5. The van der Waals surface area contributed by atoms with E-state index >= 15 is 0 Å². The van der Waals surface area contributed by atoms with Gasteiger partial charge in [0.05, 0.1) is 26.3 Å². The molecule has 0 saturated carbocycles. The number of halogens is 2. The number of carbonyl (C=O) groups is 1. The summed E-state index contributed by atoms with van der Waals surface area (Å²) in [6, 6.07) is 19.4. The fraction of sp³-hybridized carbons (Fsp3) is 0.208. The van der Waals surface area contributed by atoms with Crippen LogP contribution in [0.4, 0.5) is 11.4 Å². The average molecular weight is 489 g/mol. The number of rotatable bonds is 6. The van der Waals surface area contributed by atoms with Crippen molar-refractivity contribution in [3.63, 3.8) is 0 Å². The number of amides is 1. The first-order valence-corrected chi connectivity index (χ1v) is 12.5. The molecular formula is C24H22Cl2N2O3S. The Kier molecular flexibility index (Phi) is 6.74. The van der Waals surface area contributed by atoms with Gasteiger partial charge < -0.3 is 5.32 Å². The molecule has 1 aliphatic heterocycles. The maximum absolute atomic E-state index is 13.2. The van der Waals surface area contributed by atoms with Crippen LogP contribution in [0.2, 0.25) is 10.0 Å². The lowest BCUT2D eigenvalue weighted by molar-refractivity contribution is -0.116. The molecule has 0 unspecified atom stereocenters. The van der Waals surface area contributed by atoms with Crippen LogP contribution in [0.15, 0.2) is 71.6 Å². The second kappa shape index (κ2) is 9.53. The predicted molar refractivity (Wildman–Crippen MR) is 129 cm³/mol. The van der Waals surface area contributed by atoms with Gasteiger partial charge in [0.15, 0.2) is 0 Å². The van der Waals surface area contributed by atoms with Crippen LogP contribution >= 0.6 is 23.2 Å². The molecular weight excluding hydrogens is 467 g/mol. The highest BCUT2D eigenvalue weighted by Crippen LogP contribution is 2.32. The van der Waals surface area contributed by atoms with Crippen molar-refractivity contribution in [2.45, 2.75) is 30.6 Å². The van der Waals surface area contributed by atoms with E-state index in [9.17, 15) is 13.2 Å². The standard InChI is InChI=1S/C24H22Cl2N2O3S/c25-20-7-3-8-21(24(20)26)27-23(29)15-12-17-10-13-19(14-11-17)32(30,31)28-16-4-6-18-5-1-2-9-22(18)28/h1-3,5,7-11,13-14H,4,6,12,15-16H2,(H,27,29). The van der Waals surface area contributed by atoms with Gasteiger partial charge in [-0.3, -0.25) is 9.10 Å². The van der Waals surface area contributed by atoms with Gasteiger partial charge in [-0.1, -0.05) is 59.6 Å². The molecule has 4 rings (SSSR count). The number of carbonyl (C=O) groups excluding carboxylic acids is 1. The number of hydrogen-bond acceptors (Lipinski definition) is 3. The molecule has 1 N–H and O–H groups in total. The fourth-order valence-electron chi connectivity index (χ4n) is 3.77. The van der Waals surface area contributed by atoms with E-state index in [2.05, 4.69) is 5.32 Å². The van der Waals surface area contributed by atoms with E-state index in [4.69, 9.17) is 23.2 Å². The molecule has 8 heteroatoms. The van der Waals surface area contributed by atoms with Gasteiger partial charge in [0, 0.05) is 13.0 Å². The highest BCUT2D eigenvalue weighted by molar-refractivity contribution is 7.92. The number of hydrogen-bond donors (Lipinski definition) is 1. The lowest BCUT2D eigenvalue weighted by Crippen LogP contribution is -2.35. The Morgan fingerprint density at radius 2 is 1.72 bits per heavy atom. The predicted octanol–water partition coefficient (Wildman–Crippen LogP) is 5.71. The van der Waals surface area contributed by atoms with E-state index in [0.717, 1.165) is 29.7 Å². The minimum Gasteiger partial charge on any atom is -0.325 e. The summed E-state index contributed by atoms with van der Waals surface area (Å²) in [6.07, 6.45) is 2.37. The van der Waals surface area contributed by atoms with Gasteiger partial charge >= 0.3 is 0 Å². The van der Waals surface area contributed by atoms with Crippen LogP contribution in [0, 0.1) is 0 Å². The fourth-order valence-corrected chi connectivity index (χ4v) is 5.66. The van der Waals surface area contributed by atoms with Crippen LogP contribution in [-0.4, -0.2) is 20.9 Å². The Morgan fingerprint density at radius 3 is 2.50 bits per heavy atom. The van der Waals surface area contributed by atoms with Crippen molar-refractivity contribution >= 4 is 50.5 Å². The molecule has 0 fully saturated rings. The Balaban J connectivity index is 1.42. The Bertz CT molecular complexity index is 1240. The summed E-state index contributed by atoms with van der Waals surface area (Å²) in [7, 11) is -3.65. The maximum Gasteiger partial charge on any atom is 0.264 e. The summed E-state index contributed by atoms with van der Waals surface area (Å²) in [5.74, 6) is -0.198. The second-order valence-corrected chi connectivity index (χ2v) is 10.3. The molecule has 0 radical (unpaired) electrons. The van der Waals surface area contributed by atoms with Crippen molar-refractivity contribution in [1.29, 1.82) is 0 Å². The van der Waals surface area contributed by atoms with Crippen LogP contribution in [0.25, 0.3) is 0 Å². The summed E-state index contributed by atoms with van der Waals surface area (Å²) < 4.78 is 27.9. The molecule has 0 aromatic heterocycles. The van der Waals surface area contributed by atoms with Gasteiger partial charge in [-0.2, -0.15) is 0 Å². The van der Waals surface area contributed by atoms with E-state index in [1.54, 1.807) is 42.5 Å². The largest absolute Gasteiger partial charge is 0.325 e. The minimum atomic E-state index is -3.65. The Labute approximate surface area is 198 Å². The van der Waals surface area contributed by atoms with Crippen molar-refractivity contribution < 1.29 is 13.2 Å². The van der Waals surface area contributed by atoms with Crippen molar-refractivity contribution in [2.24, 2.45) is 0 Å². The van der Waals surface area contributed by atoms with E-state index in [1.165, 1.54) is 4.31 Å². The topological polar surface area (TPSA) is 66.5 Å². The smallest absolute Gasteiger partial charge is 0.264 e. The van der Waals surface area contributed by atoms with E-state index in [0.29, 0.717) is 28.7 Å². The van der Waals surface area contributed by atoms with Crippen LogP contribution in [0.5, 0.6) is 0 Å². The molecule has 32 heavy (non-hydrogen) atoms. The van der Waals surface area contributed by atoms with E-state index < -0.39 is 10.0 Å². The monoisotopic (exact) mass is 488 g/mol. The molecule has 0 aliphatic carbocycles. The van der Waals surface area contributed by atoms with Crippen molar-refractivity contribution in [3.8, 4) is 0 Å². The third-order valence-corrected chi connectivity index (χ3v) is 8.09. The van der Waals surface area contributed by atoms with Gasteiger partial charge in [0.1, 0.15) is 0 Å². The summed E-state index contributed by atoms with van der Waals surface area (Å²) in [5.41, 5.74) is 3.13. The number of fused-ring (bicyclic) bond motifs is 1. The first-order chi connectivity index (χ1) is 15.4. The first-order valence-electron chi connectivity index (χ1n) is 10.3. The molecule has 166 valence electrons. The molecule has 0 atom stereocenters. The van der Waals surface area contributed by atoms with E-state index in [-0.39, 0.29) is 17.2 Å². The lowest BCUT2D eigenvalue weighted by Gasteiger charge is -2.30. The quantitative estimate of drug-likeness (QED) is 0.483. The Hall–Kier alpha value is -2.54. The number of sulfonamides is 1. The molecule has 5 nitrogen and oxygen atoms in total. The lowest BCUT2D eigenvalue weighted by atomic mass is 10.0. The molecule has 3 aromatic rings. The van der Waals surface area contributed by atoms with Gasteiger partial charge in [-0.25, -0.2) is 8.42 Å². The van der Waals surface area contributed by atoms with Crippen LogP contribution < -0.4 is 9.62 Å². The molecule has 0 spiro atoms.